The average molecular weight is 408 g/mol. The molecule has 0 aliphatic heterocycles. The van der Waals surface area contributed by atoms with Crippen LogP contribution >= 0.6 is 0 Å². The van der Waals surface area contributed by atoms with Gasteiger partial charge in [-0.2, -0.15) is 0 Å². The van der Waals surface area contributed by atoms with Crippen LogP contribution in [0.15, 0.2) is 42.5 Å². The van der Waals surface area contributed by atoms with Crippen molar-refractivity contribution in [3.8, 4) is 0 Å². The molecule has 0 saturated carbocycles. The minimum Gasteiger partial charge on any atom is -0.341 e. The highest BCUT2D eigenvalue weighted by molar-refractivity contribution is 5.98. The molecule has 2 aromatic carbocycles. The summed E-state index contributed by atoms with van der Waals surface area (Å²) < 4.78 is 40.1. The number of nitrogens with zero attached hydrogens (tertiary/aromatic N) is 1. The van der Waals surface area contributed by atoms with E-state index in [1.165, 1.54) is 19.0 Å². The van der Waals surface area contributed by atoms with Crippen molar-refractivity contribution in [2.75, 3.05) is 26.0 Å². The van der Waals surface area contributed by atoms with Crippen LogP contribution in [-0.2, 0) is 9.59 Å². The summed E-state index contributed by atoms with van der Waals surface area (Å²) in [5, 5.41) is 6.53. The number of nitrogens with one attached hydrogen (secondary N) is 3. The van der Waals surface area contributed by atoms with Gasteiger partial charge in [-0.05, 0) is 24.7 Å². The van der Waals surface area contributed by atoms with Crippen molar-refractivity contribution >= 4 is 23.5 Å². The monoisotopic (exact) mass is 408 g/mol. The number of amides is 4. The van der Waals surface area contributed by atoms with E-state index in [-0.39, 0.29) is 0 Å². The van der Waals surface area contributed by atoms with Gasteiger partial charge < -0.3 is 10.6 Å². The van der Waals surface area contributed by atoms with Gasteiger partial charge in [-0.1, -0.05) is 30.3 Å². The first kappa shape index (κ1) is 21.9. The van der Waals surface area contributed by atoms with Crippen molar-refractivity contribution in [2.24, 2.45) is 0 Å². The molecule has 0 aliphatic carbocycles. The zero-order valence-electron chi connectivity index (χ0n) is 15.6. The SMILES string of the molecule is CNC(=O)NC(=O)[C@H](c1ccccc1)N(C)CC(=O)Nc1ccc(F)c(F)c1F. The maximum atomic E-state index is 13.7. The van der Waals surface area contributed by atoms with Crippen LogP contribution < -0.4 is 16.0 Å². The van der Waals surface area contributed by atoms with Crippen LogP contribution in [0.25, 0.3) is 0 Å². The number of hydrogen-bond donors (Lipinski definition) is 3. The second-order valence-corrected chi connectivity index (χ2v) is 6.07. The number of hydrogen-bond acceptors (Lipinski definition) is 4. The Bertz CT molecular complexity index is 909. The van der Waals surface area contributed by atoms with E-state index in [0.717, 1.165) is 6.07 Å². The highest BCUT2D eigenvalue weighted by atomic mass is 19.2. The summed E-state index contributed by atoms with van der Waals surface area (Å²) in [4.78, 5) is 37.6. The molecule has 0 spiro atoms. The lowest BCUT2D eigenvalue weighted by Crippen LogP contribution is -2.46. The van der Waals surface area contributed by atoms with Gasteiger partial charge in [0.1, 0.15) is 6.04 Å². The lowest BCUT2D eigenvalue weighted by molar-refractivity contribution is -0.126. The molecule has 154 valence electrons. The Hall–Kier alpha value is -3.40. The molecule has 10 heteroatoms. The molecule has 4 amide bonds. The Morgan fingerprint density at radius 1 is 1.00 bits per heavy atom. The van der Waals surface area contributed by atoms with Gasteiger partial charge in [0.25, 0.3) is 0 Å². The molecule has 3 N–H and O–H groups in total. The molecule has 0 aromatic heterocycles. The number of carbonyl (C=O) groups is 3. The minimum atomic E-state index is -1.71. The van der Waals surface area contributed by atoms with Gasteiger partial charge in [0.15, 0.2) is 17.5 Å². The maximum absolute atomic E-state index is 13.7. The molecule has 0 fully saturated rings. The molecule has 29 heavy (non-hydrogen) atoms. The fourth-order valence-corrected chi connectivity index (χ4v) is 2.61. The number of benzene rings is 2. The number of carbonyl (C=O) groups excluding carboxylic acids is 3. The van der Waals surface area contributed by atoms with Crippen molar-refractivity contribution < 1.29 is 27.6 Å². The minimum absolute atomic E-state index is 0.404. The van der Waals surface area contributed by atoms with Crippen molar-refractivity contribution in [2.45, 2.75) is 6.04 Å². The molecular weight excluding hydrogens is 389 g/mol. The Morgan fingerprint density at radius 2 is 1.66 bits per heavy atom. The van der Waals surface area contributed by atoms with E-state index in [9.17, 15) is 27.6 Å². The molecule has 0 radical (unpaired) electrons. The first-order valence-electron chi connectivity index (χ1n) is 8.45. The highest BCUT2D eigenvalue weighted by Gasteiger charge is 2.28. The topological polar surface area (TPSA) is 90.5 Å². The number of imide groups is 1. The maximum Gasteiger partial charge on any atom is 0.321 e. The van der Waals surface area contributed by atoms with Crippen molar-refractivity contribution in [1.82, 2.24) is 15.5 Å². The third-order valence-corrected chi connectivity index (χ3v) is 3.97. The lowest BCUT2D eigenvalue weighted by atomic mass is 10.0. The summed E-state index contributed by atoms with van der Waals surface area (Å²) in [6.07, 6.45) is 0. The molecule has 0 aliphatic rings. The second kappa shape index (κ2) is 9.69. The number of rotatable bonds is 6. The van der Waals surface area contributed by atoms with E-state index >= 15 is 0 Å². The fourth-order valence-electron chi connectivity index (χ4n) is 2.61. The van der Waals surface area contributed by atoms with E-state index in [1.54, 1.807) is 30.3 Å². The van der Waals surface area contributed by atoms with Crippen LogP contribution in [0.2, 0.25) is 0 Å². The smallest absolute Gasteiger partial charge is 0.321 e. The van der Waals surface area contributed by atoms with Crippen LogP contribution in [0.3, 0.4) is 0 Å². The Morgan fingerprint density at radius 3 is 2.28 bits per heavy atom. The quantitative estimate of drug-likeness (QED) is 0.639. The van der Waals surface area contributed by atoms with E-state index in [0.29, 0.717) is 11.6 Å². The van der Waals surface area contributed by atoms with E-state index in [2.05, 4.69) is 16.0 Å². The van der Waals surface area contributed by atoms with Gasteiger partial charge in [-0.3, -0.25) is 19.8 Å². The number of halogens is 3. The van der Waals surface area contributed by atoms with Gasteiger partial charge >= 0.3 is 6.03 Å². The predicted octanol–water partition coefficient (Wildman–Crippen LogP) is 2.17. The van der Waals surface area contributed by atoms with Crippen LogP contribution in [0.4, 0.5) is 23.7 Å². The number of urea groups is 1. The van der Waals surface area contributed by atoms with Crippen LogP contribution in [0, 0.1) is 17.5 Å². The Labute approximate surface area is 164 Å². The third kappa shape index (κ3) is 5.55. The third-order valence-electron chi connectivity index (χ3n) is 3.97. The molecule has 0 saturated heterocycles. The van der Waals surface area contributed by atoms with E-state index < -0.39 is 53.6 Å². The number of likely N-dealkylation sites (N-methyl/N-ethyl adjacent to an activating group) is 1. The molecule has 2 aromatic rings. The number of anilines is 1. The zero-order chi connectivity index (χ0) is 21.6. The first-order valence-corrected chi connectivity index (χ1v) is 8.45. The Balaban J connectivity index is 2.17. The molecular formula is C19H19F3N4O3. The molecule has 7 nitrogen and oxygen atoms in total. The molecule has 0 heterocycles. The molecule has 1 atom stereocenters. The summed E-state index contributed by atoms with van der Waals surface area (Å²) in [6, 6.07) is 8.19. The molecule has 2 rings (SSSR count). The zero-order valence-corrected chi connectivity index (χ0v) is 15.6. The van der Waals surface area contributed by atoms with Gasteiger partial charge in [0, 0.05) is 7.05 Å². The molecule has 0 unspecified atom stereocenters. The van der Waals surface area contributed by atoms with Crippen LogP contribution in [0.1, 0.15) is 11.6 Å². The molecule has 0 bridgehead atoms. The lowest BCUT2D eigenvalue weighted by Gasteiger charge is -2.26. The summed E-state index contributed by atoms with van der Waals surface area (Å²) in [7, 11) is 2.79. The van der Waals surface area contributed by atoms with Crippen molar-refractivity contribution in [3.05, 3.63) is 65.5 Å². The van der Waals surface area contributed by atoms with Gasteiger partial charge in [0.2, 0.25) is 11.8 Å². The predicted molar refractivity (Wildman–Crippen MR) is 99.4 cm³/mol. The van der Waals surface area contributed by atoms with Crippen LogP contribution in [0.5, 0.6) is 0 Å². The normalized spacial score (nSPS) is 11.7. The Kier molecular flexibility index (Phi) is 7.32. The van der Waals surface area contributed by atoms with E-state index in [1.807, 2.05) is 0 Å². The summed E-state index contributed by atoms with van der Waals surface area (Å²) in [6.45, 7) is -0.404. The van der Waals surface area contributed by atoms with Crippen molar-refractivity contribution in [3.63, 3.8) is 0 Å². The second-order valence-electron chi connectivity index (χ2n) is 6.07. The fraction of sp³-hybridized carbons (Fsp3) is 0.211. The van der Waals surface area contributed by atoms with E-state index in [4.69, 9.17) is 0 Å². The van der Waals surface area contributed by atoms with Crippen molar-refractivity contribution in [1.29, 1.82) is 0 Å². The first-order chi connectivity index (χ1) is 13.7. The van der Waals surface area contributed by atoms with Gasteiger partial charge in [-0.25, -0.2) is 18.0 Å². The summed E-state index contributed by atoms with van der Waals surface area (Å²) in [5.74, 6) is -6.08. The average Bonchev–Trinajstić information content (AvgIpc) is 2.69. The standard InChI is InChI=1S/C19H19F3N4O3/c1-23-19(29)25-18(28)17(11-6-4-3-5-7-11)26(2)10-14(27)24-13-9-8-12(20)15(21)16(13)22/h3-9,17H,10H2,1-2H3,(H,24,27)(H2,23,25,28,29)/t17-/m0/s1. The highest BCUT2D eigenvalue weighted by Crippen LogP contribution is 2.21. The summed E-state index contributed by atoms with van der Waals surface area (Å²) in [5.41, 5.74) is -0.0309. The van der Waals surface area contributed by atoms with Crippen LogP contribution in [-0.4, -0.2) is 43.4 Å². The van der Waals surface area contributed by atoms with Gasteiger partial charge in [-0.15, -0.1) is 0 Å². The summed E-state index contributed by atoms with van der Waals surface area (Å²) >= 11 is 0. The largest absolute Gasteiger partial charge is 0.341 e. The van der Waals surface area contributed by atoms with Gasteiger partial charge in [0.05, 0.1) is 12.2 Å².